The number of Topliss-reactive ketones (excluding diaryl/α,β-unsaturated/α-hetero) is 1. The van der Waals surface area contributed by atoms with Gasteiger partial charge in [-0.15, -0.1) is 5.11 Å². The molecule has 0 heterocycles. The van der Waals surface area contributed by atoms with E-state index in [-0.39, 0.29) is 18.1 Å². The van der Waals surface area contributed by atoms with E-state index in [0.29, 0.717) is 43.3 Å². The normalized spacial score (nSPS) is 12.4. The topological polar surface area (TPSA) is 133 Å². The van der Waals surface area contributed by atoms with Crippen LogP contribution in [-0.2, 0) is 9.47 Å². The number of phenols is 1. The van der Waals surface area contributed by atoms with Crippen molar-refractivity contribution in [3.63, 3.8) is 0 Å². The summed E-state index contributed by atoms with van der Waals surface area (Å²) in [6, 6.07) is 12.3. The number of nitrogens with zero attached hydrogens (tertiary/aromatic N) is 2. The molecule has 0 spiro atoms. The van der Waals surface area contributed by atoms with Crippen LogP contribution in [0, 0.1) is 0 Å². The molecule has 27 heavy (non-hydrogen) atoms. The zero-order valence-corrected chi connectivity index (χ0v) is 15.0. The number of rotatable bonds is 11. The summed E-state index contributed by atoms with van der Waals surface area (Å²) in [5.74, 6) is -0.137. The quantitative estimate of drug-likeness (QED) is 0.315. The molecule has 1 atom stereocenters. The molecule has 0 saturated heterocycles. The number of nitrogens with two attached hydrogens (primary N) is 2. The molecule has 144 valence electrons. The predicted molar refractivity (Wildman–Crippen MR) is 102 cm³/mol. The van der Waals surface area contributed by atoms with Crippen LogP contribution in [0.25, 0.3) is 0 Å². The molecular formula is C19H24N4O4. The average Bonchev–Trinajstić information content (AvgIpc) is 2.69. The lowest BCUT2D eigenvalue weighted by Gasteiger charge is -2.12. The SMILES string of the molecule is NCCOCCOCC(N)C(=O)c1ccccc1N=Nc1ccc(O)cc1. The highest BCUT2D eigenvalue weighted by atomic mass is 16.5. The Labute approximate surface area is 157 Å². The zero-order valence-electron chi connectivity index (χ0n) is 15.0. The first-order valence-electron chi connectivity index (χ1n) is 8.57. The van der Waals surface area contributed by atoms with Gasteiger partial charge in [0.2, 0.25) is 0 Å². The number of azo groups is 1. The minimum atomic E-state index is -0.815. The molecule has 0 aliphatic heterocycles. The molecular weight excluding hydrogens is 348 g/mol. The van der Waals surface area contributed by atoms with Crippen LogP contribution in [0.15, 0.2) is 58.8 Å². The van der Waals surface area contributed by atoms with Gasteiger partial charge in [0.05, 0.1) is 43.8 Å². The summed E-state index contributed by atoms with van der Waals surface area (Å²) in [5, 5.41) is 17.5. The first-order chi connectivity index (χ1) is 13.1. The minimum Gasteiger partial charge on any atom is -0.508 e. The van der Waals surface area contributed by atoms with Crippen LogP contribution < -0.4 is 11.5 Å². The maximum absolute atomic E-state index is 12.6. The molecule has 0 aliphatic rings. The molecule has 0 aliphatic carbocycles. The standard InChI is InChI=1S/C19H24N4O4/c20-9-10-26-11-12-27-13-17(21)19(25)16-3-1-2-4-18(16)23-22-14-5-7-15(24)8-6-14/h1-8,17,24H,9-13,20-21H2. The second-order valence-electron chi connectivity index (χ2n) is 5.68. The molecule has 0 amide bonds. The third kappa shape index (κ3) is 6.87. The van der Waals surface area contributed by atoms with Crippen molar-refractivity contribution < 1.29 is 19.4 Å². The minimum absolute atomic E-state index is 0.0776. The van der Waals surface area contributed by atoms with Gasteiger partial charge in [-0.25, -0.2) is 0 Å². The van der Waals surface area contributed by atoms with Crippen molar-refractivity contribution in [2.45, 2.75) is 6.04 Å². The van der Waals surface area contributed by atoms with Gasteiger partial charge in [-0.1, -0.05) is 12.1 Å². The summed E-state index contributed by atoms with van der Waals surface area (Å²) in [6.45, 7) is 1.73. The fraction of sp³-hybridized carbons (Fsp3) is 0.316. The van der Waals surface area contributed by atoms with Crippen molar-refractivity contribution in [1.82, 2.24) is 0 Å². The Kier molecular flexibility index (Phi) is 8.53. The van der Waals surface area contributed by atoms with Gasteiger partial charge in [-0.05, 0) is 36.4 Å². The highest BCUT2D eigenvalue weighted by molar-refractivity contribution is 6.04. The lowest BCUT2D eigenvalue weighted by Crippen LogP contribution is -2.35. The Morgan fingerprint density at radius 2 is 1.70 bits per heavy atom. The molecule has 2 aromatic carbocycles. The van der Waals surface area contributed by atoms with Crippen molar-refractivity contribution in [2.24, 2.45) is 21.7 Å². The van der Waals surface area contributed by atoms with E-state index >= 15 is 0 Å². The number of benzene rings is 2. The predicted octanol–water partition coefficient (Wildman–Crippen LogP) is 2.31. The van der Waals surface area contributed by atoms with Crippen molar-refractivity contribution in [3.05, 3.63) is 54.1 Å². The van der Waals surface area contributed by atoms with Gasteiger partial charge in [0, 0.05) is 12.1 Å². The first kappa shape index (κ1) is 20.7. The molecule has 0 saturated carbocycles. The maximum Gasteiger partial charge on any atom is 0.184 e. The van der Waals surface area contributed by atoms with Crippen molar-refractivity contribution >= 4 is 17.2 Å². The Morgan fingerprint density at radius 1 is 1.00 bits per heavy atom. The van der Waals surface area contributed by atoms with E-state index < -0.39 is 6.04 Å². The maximum atomic E-state index is 12.6. The van der Waals surface area contributed by atoms with Crippen LogP contribution >= 0.6 is 0 Å². The summed E-state index contributed by atoms with van der Waals surface area (Å²) in [7, 11) is 0. The summed E-state index contributed by atoms with van der Waals surface area (Å²) < 4.78 is 10.6. The number of hydrogen-bond donors (Lipinski definition) is 3. The van der Waals surface area contributed by atoms with Crippen molar-refractivity contribution in [2.75, 3.05) is 33.0 Å². The number of ether oxygens (including phenoxy) is 2. The van der Waals surface area contributed by atoms with Gasteiger partial charge < -0.3 is 26.0 Å². The zero-order chi connectivity index (χ0) is 19.5. The lowest BCUT2D eigenvalue weighted by molar-refractivity contribution is 0.0436. The number of ketones is 1. The van der Waals surface area contributed by atoms with Crippen LogP contribution in [0.4, 0.5) is 11.4 Å². The van der Waals surface area contributed by atoms with E-state index in [2.05, 4.69) is 10.2 Å². The number of hydrogen-bond acceptors (Lipinski definition) is 8. The monoisotopic (exact) mass is 372 g/mol. The molecule has 8 nitrogen and oxygen atoms in total. The van der Waals surface area contributed by atoms with E-state index in [1.165, 1.54) is 12.1 Å². The largest absolute Gasteiger partial charge is 0.508 e. The second-order valence-corrected chi connectivity index (χ2v) is 5.68. The molecule has 0 fully saturated rings. The third-order valence-electron chi connectivity index (χ3n) is 3.56. The van der Waals surface area contributed by atoms with Crippen LogP contribution in [-0.4, -0.2) is 49.9 Å². The highest BCUT2D eigenvalue weighted by Crippen LogP contribution is 2.24. The van der Waals surface area contributed by atoms with Gasteiger partial charge in [0.15, 0.2) is 5.78 Å². The second kappa shape index (κ2) is 11.1. The lowest BCUT2D eigenvalue weighted by atomic mass is 10.0. The number of carbonyl (C=O) groups excluding carboxylic acids is 1. The summed E-state index contributed by atoms with van der Waals surface area (Å²) in [6.07, 6.45) is 0. The third-order valence-corrected chi connectivity index (χ3v) is 3.56. The van der Waals surface area contributed by atoms with E-state index in [1.807, 2.05) is 0 Å². The Bertz CT molecular complexity index is 750. The number of phenolic OH excluding ortho intramolecular Hbond substituents is 1. The summed E-state index contributed by atoms with van der Waals surface area (Å²) in [5.41, 5.74) is 12.6. The van der Waals surface area contributed by atoms with Gasteiger partial charge in [-0.3, -0.25) is 4.79 Å². The molecule has 2 rings (SSSR count). The van der Waals surface area contributed by atoms with E-state index in [0.717, 1.165) is 0 Å². The molecule has 1 unspecified atom stereocenters. The molecule has 0 radical (unpaired) electrons. The number of aromatic hydroxyl groups is 1. The summed E-state index contributed by atoms with van der Waals surface area (Å²) >= 11 is 0. The fourth-order valence-electron chi connectivity index (χ4n) is 2.19. The molecule has 8 heteroatoms. The molecule has 5 N–H and O–H groups in total. The first-order valence-corrected chi connectivity index (χ1v) is 8.57. The van der Waals surface area contributed by atoms with Crippen LogP contribution in [0.5, 0.6) is 5.75 Å². The van der Waals surface area contributed by atoms with Crippen LogP contribution in [0.1, 0.15) is 10.4 Å². The Hall–Kier alpha value is -2.65. The molecule has 0 aromatic heterocycles. The molecule has 2 aromatic rings. The van der Waals surface area contributed by atoms with E-state index in [9.17, 15) is 9.90 Å². The Balaban J connectivity index is 1.96. The van der Waals surface area contributed by atoms with Gasteiger partial charge >= 0.3 is 0 Å². The summed E-state index contributed by atoms with van der Waals surface area (Å²) in [4.78, 5) is 12.6. The van der Waals surface area contributed by atoms with E-state index in [4.69, 9.17) is 20.9 Å². The fourth-order valence-corrected chi connectivity index (χ4v) is 2.19. The average molecular weight is 372 g/mol. The molecule has 0 bridgehead atoms. The Morgan fingerprint density at radius 3 is 2.44 bits per heavy atom. The van der Waals surface area contributed by atoms with Crippen LogP contribution in [0.3, 0.4) is 0 Å². The smallest absolute Gasteiger partial charge is 0.184 e. The number of carbonyl (C=O) groups is 1. The van der Waals surface area contributed by atoms with E-state index in [1.54, 1.807) is 36.4 Å². The highest BCUT2D eigenvalue weighted by Gasteiger charge is 2.19. The van der Waals surface area contributed by atoms with Crippen LogP contribution in [0.2, 0.25) is 0 Å². The van der Waals surface area contributed by atoms with Gasteiger partial charge in [-0.2, -0.15) is 5.11 Å². The van der Waals surface area contributed by atoms with Crippen molar-refractivity contribution in [3.8, 4) is 5.75 Å². The van der Waals surface area contributed by atoms with Crippen molar-refractivity contribution in [1.29, 1.82) is 0 Å². The van der Waals surface area contributed by atoms with Gasteiger partial charge in [0.25, 0.3) is 0 Å². The van der Waals surface area contributed by atoms with Gasteiger partial charge in [0.1, 0.15) is 5.75 Å².